The Morgan fingerprint density at radius 1 is 1.13 bits per heavy atom. The summed E-state index contributed by atoms with van der Waals surface area (Å²) in [6.07, 6.45) is 9.94. The van der Waals surface area contributed by atoms with Crippen molar-refractivity contribution < 1.29 is 4.74 Å². The summed E-state index contributed by atoms with van der Waals surface area (Å²) in [6.45, 7) is 6.69. The predicted molar refractivity (Wildman–Crippen MR) is 135 cm³/mol. The number of guanidine groups is 1. The number of pyridine rings is 1. The fourth-order valence-corrected chi connectivity index (χ4v) is 3.91. The van der Waals surface area contributed by atoms with Crippen LogP contribution < -0.4 is 15.5 Å². The SMILES string of the molecule is CN=C(NCCCOC1CCCCC1)NCc1ccc(N2CCN(C)CC2)nc1.I. The molecule has 170 valence electrons. The van der Waals surface area contributed by atoms with Crippen LogP contribution in [0.3, 0.4) is 0 Å². The number of anilines is 1. The van der Waals surface area contributed by atoms with Gasteiger partial charge in [0, 0.05) is 59.1 Å². The van der Waals surface area contributed by atoms with E-state index in [9.17, 15) is 0 Å². The number of piperazine rings is 1. The van der Waals surface area contributed by atoms with E-state index in [-0.39, 0.29) is 24.0 Å². The standard InChI is InChI=1S/C22H38N6O.HI/c1-23-22(24-11-6-16-29-20-7-4-3-5-8-20)26-18-19-9-10-21(25-17-19)28-14-12-27(2)13-15-28;/h9-10,17,20H,3-8,11-16,18H2,1-2H3,(H2,23,24,26);1H. The fraction of sp³-hybridized carbons (Fsp3) is 0.727. The molecule has 0 spiro atoms. The molecule has 1 aromatic rings. The summed E-state index contributed by atoms with van der Waals surface area (Å²) >= 11 is 0. The molecule has 1 aliphatic heterocycles. The van der Waals surface area contributed by atoms with Crippen molar-refractivity contribution in [1.29, 1.82) is 0 Å². The number of nitrogens with one attached hydrogen (secondary N) is 2. The van der Waals surface area contributed by atoms with Gasteiger partial charge in [-0.2, -0.15) is 0 Å². The van der Waals surface area contributed by atoms with E-state index in [4.69, 9.17) is 4.74 Å². The van der Waals surface area contributed by atoms with E-state index in [1.807, 2.05) is 13.2 Å². The van der Waals surface area contributed by atoms with Gasteiger partial charge < -0.3 is 25.2 Å². The minimum absolute atomic E-state index is 0. The number of nitrogens with zero attached hydrogens (tertiary/aromatic N) is 4. The molecule has 2 aliphatic rings. The molecule has 2 N–H and O–H groups in total. The van der Waals surface area contributed by atoms with Gasteiger partial charge in [0.15, 0.2) is 5.96 Å². The number of aliphatic imine (C=N–C) groups is 1. The number of hydrogen-bond donors (Lipinski definition) is 2. The van der Waals surface area contributed by atoms with Crippen LogP contribution in [0, 0.1) is 0 Å². The lowest BCUT2D eigenvalue weighted by Gasteiger charge is -2.33. The average molecular weight is 530 g/mol. The molecule has 2 fully saturated rings. The van der Waals surface area contributed by atoms with Gasteiger partial charge in [0.1, 0.15) is 5.82 Å². The third-order valence-electron chi connectivity index (χ3n) is 5.84. The van der Waals surface area contributed by atoms with Gasteiger partial charge in [0.25, 0.3) is 0 Å². The van der Waals surface area contributed by atoms with Crippen LogP contribution >= 0.6 is 24.0 Å². The molecule has 3 rings (SSSR count). The molecule has 7 nitrogen and oxygen atoms in total. The first-order valence-electron chi connectivity index (χ1n) is 11.2. The highest BCUT2D eigenvalue weighted by Gasteiger charge is 2.15. The number of hydrogen-bond acceptors (Lipinski definition) is 5. The van der Waals surface area contributed by atoms with E-state index >= 15 is 0 Å². The first-order chi connectivity index (χ1) is 14.2. The molecule has 1 saturated carbocycles. The lowest BCUT2D eigenvalue weighted by atomic mass is 9.98. The Kier molecular flexibility index (Phi) is 11.8. The van der Waals surface area contributed by atoms with E-state index in [0.717, 1.165) is 63.1 Å². The van der Waals surface area contributed by atoms with Gasteiger partial charge in [-0.25, -0.2) is 4.98 Å². The Hall–Kier alpha value is -1.13. The van der Waals surface area contributed by atoms with Gasteiger partial charge in [-0.3, -0.25) is 4.99 Å². The van der Waals surface area contributed by atoms with Crippen molar-refractivity contribution in [2.45, 2.75) is 51.2 Å². The normalized spacial score (nSPS) is 18.7. The molecular weight excluding hydrogens is 491 g/mol. The minimum Gasteiger partial charge on any atom is -0.378 e. The summed E-state index contributed by atoms with van der Waals surface area (Å²) in [5.41, 5.74) is 1.16. The Morgan fingerprint density at radius 3 is 2.57 bits per heavy atom. The number of ether oxygens (including phenoxy) is 1. The lowest BCUT2D eigenvalue weighted by molar-refractivity contribution is 0.0277. The van der Waals surface area contributed by atoms with Crippen LogP contribution in [-0.2, 0) is 11.3 Å². The first-order valence-corrected chi connectivity index (χ1v) is 11.2. The Morgan fingerprint density at radius 2 is 1.90 bits per heavy atom. The van der Waals surface area contributed by atoms with Crippen LogP contribution in [0.15, 0.2) is 23.3 Å². The highest BCUT2D eigenvalue weighted by atomic mass is 127. The van der Waals surface area contributed by atoms with Crippen LogP contribution in [0.5, 0.6) is 0 Å². The zero-order valence-electron chi connectivity index (χ0n) is 18.6. The summed E-state index contributed by atoms with van der Waals surface area (Å²) in [5.74, 6) is 1.90. The third kappa shape index (κ3) is 8.55. The van der Waals surface area contributed by atoms with Crippen LogP contribution in [-0.4, -0.2) is 75.4 Å². The lowest BCUT2D eigenvalue weighted by Crippen LogP contribution is -2.44. The van der Waals surface area contributed by atoms with Crippen LogP contribution in [0.1, 0.15) is 44.1 Å². The fourth-order valence-electron chi connectivity index (χ4n) is 3.91. The van der Waals surface area contributed by atoms with E-state index in [1.54, 1.807) is 0 Å². The van der Waals surface area contributed by atoms with Crippen molar-refractivity contribution in [3.05, 3.63) is 23.9 Å². The summed E-state index contributed by atoms with van der Waals surface area (Å²) in [6, 6.07) is 4.28. The Bertz CT molecular complexity index is 613. The highest BCUT2D eigenvalue weighted by molar-refractivity contribution is 14.0. The predicted octanol–water partition coefficient (Wildman–Crippen LogP) is 2.86. The summed E-state index contributed by atoms with van der Waals surface area (Å²) in [7, 11) is 3.98. The third-order valence-corrected chi connectivity index (χ3v) is 5.84. The Balaban J connectivity index is 0.00000320. The molecule has 30 heavy (non-hydrogen) atoms. The van der Waals surface area contributed by atoms with Gasteiger partial charge in [-0.15, -0.1) is 24.0 Å². The first kappa shape index (κ1) is 25.1. The molecule has 0 amide bonds. The summed E-state index contributed by atoms with van der Waals surface area (Å²) in [4.78, 5) is 13.7. The van der Waals surface area contributed by atoms with E-state index in [1.165, 1.54) is 32.1 Å². The van der Waals surface area contributed by atoms with Crippen molar-refractivity contribution in [2.75, 3.05) is 58.3 Å². The van der Waals surface area contributed by atoms with Gasteiger partial charge in [0.05, 0.1) is 6.10 Å². The monoisotopic (exact) mass is 530 g/mol. The van der Waals surface area contributed by atoms with Crippen LogP contribution in [0.25, 0.3) is 0 Å². The molecule has 2 heterocycles. The molecule has 0 atom stereocenters. The second-order valence-electron chi connectivity index (χ2n) is 8.15. The second-order valence-corrected chi connectivity index (χ2v) is 8.15. The van der Waals surface area contributed by atoms with Crippen molar-refractivity contribution in [1.82, 2.24) is 20.5 Å². The zero-order chi connectivity index (χ0) is 20.3. The van der Waals surface area contributed by atoms with Crippen LogP contribution in [0.4, 0.5) is 5.82 Å². The molecule has 0 aromatic carbocycles. The second kappa shape index (κ2) is 14.0. The molecular formula is C22H39IN6O. The number of halogens is 1. The molecule has 8 heteroatoms. The van der Waals surface area contributed by atoms with Crippen molar-refractivity contribution >= 4 is 35.8 Å². The molecule has 1 aliphatic carbocycles. The maximum absolute atomic E-state index is 5.98. The summed E-state index contributed by atoms with van der Waals surface area (Å²) < 4.78 is 5.98. The van der Waals surface area contributed by atoms with Crippen molar-refractivity contribution in [3.63, 3.8) is 0 Å². The molecule has 1 saturated heterocycles. The van der Waals surface area contributed by atoms with Crippen LogP contribution in [0.2, 0.25) is 0 Å². The van der Waals surface area contributed by atoms with E-state index in [0.29, 0.717) is 12.6 Å². The van der Waals surface area contributed by atoms with Gasteiger partial charge in [-0.05, 0) is 37.9 Å². The maximum atomic E-state index is 5.98. The van der Waals surface area contributed by atoms with E-state index < -0.39 is 0 Å². The van der Waals surface area contributed by atoms with Gasteiger partial charge >= 0.3 is 0 Å². The maximum Gasteiger partial charge on any atom is 0.191 e. The topological polar surface area (TPSA) is 65.0 Å². The molecule has 0 radical (unpaired) electrons. The van der Waals surface area contributed by atoms with Gasteiger partial charge in [0.2, 0.25) is 0 Å². The number of aromatic nitrogens is 1. The smallest absolute Gasteiger partial charge is 0.191 e. The molecule has 0 unspecified atom stereocenters. The molecule has 1 aromatic heterocycles. The van der Waals surface area contributed by atoms with Crippen molar-refractivity contribution in [2.24, 2.45) is 4.99 Å². The minimum atomic E-state index is 0. The quantitative estimate of drug-likeness (QED) is 0.233. The Labute approximate surface area is 199 Å². The highest BCUT2D eigenvalue weighted by Crippen LogP contribution is 2.20. The number of likely N-dealkylation sites (N-methyl/N-ethyl adjacent to an activating group) is 1. The average Bonchev–Trinajstić information content (AvgIpc) is 2.77. The summed E-state index contributed by atoms with van der Waals surface area (Å²) in [5, 5.41) is 6.74. The van der Waals surface area contributed by atoms with Crippen molar-refractivity contribution in [3.8, 4) is 0 Å². The largest absolute Gasteiger partial charge is 0.378 e. The number of rotatable bonds is 8. The molecule has 0 bridgehead atoms. The van der Waals surface area contributed by atoms with E-state index in [2.05, 4.69) is 49.6 Å². The van der Waals surface area contributed by atoms with Gasteiger partial charge in [-0.1, -0.05) is 25.3 Å². The zero-order valence-corrected chi connectivity index (χ0v) is 20.9.